The molecular formula is C22H20N6O4. The first-order valence-electron chi connectivity index (χ1n) is 9.85. The number of nitrogens with one attached hydrogen (secondary N) is 1. The van der Waals surface area contributed by atoms with Crippen LogP contribution in [0.2, 0.25) is 0 Å². The molecule has 4 rings (SSSR count). The van der Waals surface area contributed by atoms with Crippen LogP contribution < -0.4 is 11.1 Å². The number of aromatic nitrogens is 3. The minimum atomic E-state index is -0.873. The Labute approximate surface area is 183 Å². The van der Waals surface area contributed by atoms with Gasteiger partial charge in [-0.2, -0.15) is 0 Å². The number of aliphatic hydroxyl groups is 1. The van der Waals surface area contributed by atoms with Crippen LogP contribution in [0, 0.1) is 0 Å². The molecule has 162 valence electrons. The second-order valence-electron chi connectivity index (χ2n) is 7.30. The molecule has 0 spiro atoms. The molecule has 32 heavy (non-hydrogen) atoms. The van der Waals surface area contributed by atoms with E-state index in [-0.39, 0.29) is 24.4 Å². The number of likely N-dealkylation sites (tertiary alicyclic amines) is 1. The van der Waals surface area contributed by atoms with Crippen LogP contribution in [-0.4, -0.2) is 61.4 Å². The number of rotatable bonds is 5. The maximum Gasteiger partial charge on any atom is 0.275 e. The first-order chi connectivity index (χ1) is 15.4. The third kappa shape index (κ3) is 4.44. The molecule has 0 radical (unpaired) electrons. The highest BCUT2D eigenvalue weighted by Crippen LogP contribution is 2.24. The van der Waals surface area contributed by atoms with E-state index in [0.29, 0.717) is 16.9 Å². The highest BCUT2D eigenvalue weighted by Gasteiger charge is 2.38. The molecule has 1 fully saturated rings. The van der Waals surface area contributed by atoms with Gasteiger partial charge in [0.1, 0.15) is 17.4 Å². The van der Waals surface area contributed by atoms with Gasteiger partial charge in [0, 0.05) is 36.6 Å². The molecule has 1 aliphatic heterocycles. The maximum absolute atomic E-state index is 12.9. The number of hydrogen-bond donors (Lipinski definition) is 3. The number of primary amides is 1. The van der Waals surface area contributed by atoms with Gasteiger partial charge in [-0.1, -0.05) is 18.2 Å². The lowest BCUT2D eigenvalue weighted by atomic mass is 10.1. The Hall–Kier alpha value is -4.18. The quantitative estimate of drug-likeness (QED) is 0.540. The SMILES string of the molecule is NC(=O)C1CC(O)CN1C(=O)c1cccc(-c2cccc(NC(=O)c3cnccn3)c2)n1. The molecule has 2 unspecified atom stereocenters. The Kier molecular flexibility index (Phi) is 5.86. The molecule has 10 heteroatoms. The zero-order valence-electron chi connectivity index (χ0n) is 16.9. The number of carbonyl (C=O) groups excluding carboxylic acids is 3. The van der Waals surface area contributed by atoms with E-state index in [4.69, 9.17) is 5.73 Å². The first kappa shape index (κ1) is 21.1. The number of hydrogen-bond acceptors (Lipinski definition) is 7. The fourth-order valence-corrected chi connectivity index (χ4v) is 3.54. The average Bonchev–Trinajstić information content (AvgIpc) is 3.21. The number of β-amino-alcohol motifs (C(OH)–C–C–N with tert-alkyl or cyclic N) is 1. The summed E-state index contributed by atoms with van der Waals surface area (Å²) in [5, 5.41) is 12.6. The molecule has 0 saturated carbocycles. The molecule has 0 bridgehead atoms. The summed E-state index contributed by atoms with van der Waals surface area (Å²) in [6, 6.07) is 11.0. The van der Waals surface area contributed by atoms with Gasteiger partial charge in [-0.25, -0.2) is 9.97 Å². The summed E-state index contributed by atoms with van der Waals surface area (Å²) in [6.07, 6.45) is 3.57. The second-order valence-corrected chi connectivity index (χ2v) is 7.30. The Balaban J connectivity index is 1.56. The van der Waals surface area contributed by atoms with Crippen LogP contribution in [0.4, 0.5) is 5.69 Å². The standard InChI is InChI=1S/C22H20N6O4/c23-20(30)19-10-15(29)12-28(19)22(32)17-6-2-5-16(27-17)13-3-1-4-14(9-13)26-21(31)18-11-24-7-8-25-18/h1-9,11,15,19,29H,10,12H2,(H2,23,30)(H,26,31). The van der Waals surface area contributed by atoms with E-state index >= 15 is 0 Å². The largest absolute Gasteiger partial charge is 0.391 e. The lowest BCUT2D eigenvalue weighted by molar-refractivity contribution is -0.121. The monoisotopic (exact) mass is 432 g/mol. The number of nitrogens with zero attached hydrogens (tertiary/aromatic N) is 4. The zero-order chi connectivity index (χ0) is 22.7. The van der Waals surface area contributed by atoms with Gasteiger partial charge in [-0.05, 0) is 24.3 Å². The zero-order valence-corrected chi connectivity index (χ0v) is 16.9. The lowest BCUT2D eigenvalue weighted by Crippen LogP contribution is -2.44. The van der Waals surface area contributed by atoms with Crippen molar-refractivity contribution in [3.8, 4) is 11.3 Å². The predicted molar refractivity (Wildman–Crippen MR) is 114 cm³/mol. The van der Waals surface area contributed by atoms with Gasteiger partial charge in [-0.15, -0.1) is 0 Å². The van der Waals surface area contributed by atoms with Crippen molar-refractivity contribution in [2.45, 2.75) is 18.6 Å². The van der Waals surface area contributed by atoms with Gasteiger partial charge >= 0.3 is 0 Å². The van der Waals surface area contributed by atoms with E-state index < -0.39 is 29.9 Å². The smallest absolute Gasteiger partial charge is 0.275 e. The first-order valence-corrected chi connectivity index (χ1v) is 9.85. The fourth-order valence-electron chi connectivity index (χ4n) is 3.54. The van der Waals surface area contributed by atoms with Crippen molar-refractivity contribution < 1.29 is 19.5 Å². The highest BCUT2D eigenvalue weighted by atomic mass is 16.3. The second kappa shape index (κ2) is 8.90. The Morgan fingerprint density at radius 3 is 2.66 bits per heavy atom. The number of carbonyl (C=O) groups is 3. The summed E-state index contributed by atoms with van der Waals surface area (Å²) < 4.78 is 0. The van der Waals surface area contributed by atoms with E-state index in [2.05, 4.69) is 20.3 Å². The van der Waals surface area contributed by atoms with Gasteiger partial charge in [-0.3, -0.25) is 19.4 Å². The summed E-state index contributed by atoms with van der Waals surface area (Å²) in [5.41, 5.74) is 7.38. The third-order valence-corrected chi connectivity index (χ3v) is 5.05. The Morgan fingerprint density at radius 2 is 1.91 bits per heavy atom. The van der Waals surface area contributed by atoms with Crippen molar-refractivity contribution in [1.29, 1.82) is 0 Å². The van der Waals surface area contributed by atoms with Gasteiger partial charge in [0.25, 0.3) is 11.8 Å². The molecule has 10 nitrogen and oxygen atoms in total. The van der Waals surface area contributed by atoms with Gasteiger partial charge < -0.3 is 21.1 Å². The number of anilines is 1. The summed E-state index contributed by atoms with van der Waals surface area (Å²) in [4.78, 5) is 50.4. The Morgan fingerprint density at radius 1 is 1.09 bits per heavy atom. The summed E-state index contributed by atoms with van der Waals surface area (Å²) in [6.45, 7) is 0.0161. The van der Waals surface area contributed by atoms with Crippen molar-refractivity contribution >= 4 is 23.4 Å². The topological polar surface area (TPSA) is 151 Å². The molecule has 0 aliphatic carbocycles. The molecule has 1 saturated heterocycles. The number of amides is 3. The van der Waals surface area contributed by atoms with Crippen LogP contribution in [0.15, 0.2) is 61.1 Å². The van der Waals surface area contributed by atoms with Gasteiger partial charge in [0.15, 0.2) is 0 Å². The van der Waals surface area contributed by atoms with E-state index in [1.54, 1.807) is 36.4 Å². The molecule has 3 amide bonds. The summed E-state index contributed by atoms with van der Waals surface area (Å²) in [7, 11) is 0. The molecule has 4 N–H and O–H groups in total. The van der Waals surface area contributed by atoms with E-state index in [9.17, 15) is 19.5 Å². The van der Waals surface area contributed by atoms with Crippen LogP contribution in [0.25, 0.3) is 11.3 Å². The van der Waals surface area contributed by atoms with Crippen LogP contribution in [0.5, 0.6) is 0 Å². The molecule has 2 atom stereocenters. The lowest BCUT2D eigenvalue weighted by Gasteiger charge is -2.21. The van der Waals surface area contributed by atoms with E-state index in [0.717, 1.165) is 0 Å². The third-order valence-electron chi connectivity index (χ3n) is 5.05. The number of pyridine rings is 1. The normalized spacial score (nSPS) is 17.7. The fraction of sp³-hybridized carbons (Fsp3) is 0.182. The van der Waals surface area contributed by atoms with Crippen molar-refractivity contribution in [3.63, 3.8) is 0 Å². The number of nitrogens with two attached hydrogens (primary N) is 1. The molecule has 3 aromatic rings. The van der Waals surface area contributed by atoms with E-state index in [1.807, 2.05) is 0 Å². The molecule has 1 aliphatic rings. The molecular weight excluding hydrogens is 412 g/mol. The van der Waals surface area contributed by atoms with E-state index in [1.165, 1.54) is 29.6 Å². The molecule has 1 aromatic carbocycles. The summed E-state index contributed by atoms with van der Waals surface area (Å²) in [5.74, 6) is -1.56. The molecule has 3 heterocycles. The van der Waals surface area contributed by atoms with Gasteiger partial charge in [0.2, 0.25) is 5.91 Å². The van der Waals surface area contributed by atoms with Crippen molar-refractivity contribution in [1.82, 2.24) is 19.9 Å². The minimum absolute atomic E-state index is 0.0161. The van der Waals surface area contributed by atoms with Gasteiger partial charge in [0.05, 0.1) is 18.0 Å². The van der Waals surface area contributed by atoms with Crippen molar-refractivity contribution in [2.75, 3.05) is 11.9 Å². The summed E-state index contributed by atoms with van der Waals surface area (Å²) >= 11 is 0. The minimum Gasteiger partial charge on any atom is -0.391 e. The molecule has 2 aromatic heterocycles. The van der Waals surface area contributed by atoms with Crippen LogP contribution >= 0.6 is 0 Å². The van der Waals surface area contributed by atoms with Crippen molar-refractivity contribution in [3.05, 3.63) is 72.4 Å². The number of benzene rings is 1. The van der Waals surface area contributed by atoms with Crippen LogP contribution in [-0.2, 0) is 4.79 Å². The Bertz CT molecular complexity index is 1170. The predicted octanol–water partition coefficient (Wildman–Crippen LogP) is 0.852. The number of aliphatic hydroxyl groups excluding tert-OH is 1. The van der Waals surface area contributed by atoms with Crippen LogP contribution in [0.1, 0.15) is 27.4 Å². The van der Waals surface area contributed by atoms with Crippen LogP contribution in [0.3, 0.4) is 0 Å². The highest BCUT2D eigenvalue weighted by molar-refractivity contribution is 6.03. The maximum atomic E-state index is 12.9. The average molecular weight is 432 g/mol. The van der Waals surface area contributed by atoms with Crippen molar-refractivity contribution in [2.24, 2.45) is 5.73 Å².